The molecule has 0 saturated heterocycles. The molecule has 3 nitrogen and oxygen atoms in total. The number of nitrogens with one attached hydrogen (secondary N) is 1. The molecule has 0 aromatic heterocycles. The lowest BCUT2D eigenvalue weighted by molar-refractivity contribution is -0.125. The highest BCUT2D eigenvalue weighted by Gasteiger charge is 2.21. The Bertz CT molecular complexity index is 458. The first-order valence-corrected chi connectivity index (χ1v) is 6.23. The maximum absolute atomic E-state index is 11.8. The van der Waals surface area contributed by atoms with Crippen molar-refractivity contribution in [1.29, 1.82) is 0 Å². The summed E-state index contributed by atoms with van der Waals surface area (Å²) < 4.78 is 0. The van der Waals surface area contributed by atoms with Crippen molar-refractivity contribution in [3.63, 3.8) is 0 Å². The van der Waals surface area contributed by atoms with Gasteiger partial charge in [-0.25, -0.2) is 0 Å². The van der Waals surface area contributed by atoms with Crippen molar-refractivity contribution in [3.8, 4) is 0 Å². The van der Waals surface area contributed by atoms with E-state index in [1.165, 1.54) is 12.1 Å². The third-order valence-corrected chi connectivity index (χ3v) is 2.81. The Hall–Kier alpha value is -1.06. The third kappa shape index (κ3) is 4.31. The van der Waals surface area contributed by atoms with E-state index >= 15 is 0 Å². The summed E-state index contributed by atoms with van der Waals surface area (Å²) in [6.07, 6.45) is 0. The Balaban J connectivity index is 2.69. The molecule has 1 N–H and O–H groups in total. The number of amides is 1. The summed E-state index contributed by atoms with van der Waals surface area (Å²) in [5.41, 5.74) is -0.131. The molecule has 0 aliphatic heterocycles. The van der Waals surface area contributed by atoms with Gasteiger partial charge in [0.1, 0.15) is 0 Å². The van der Waals surface area contributed by atoms with E-state index in [-0.39, 0.29) is 18.2 Å². The first-order valence-electron chi connectivity index (χ1n) is 5.48. The van der Waals surface area contributed by atoms with Gasteiger partial charge in [0.05, 0.1) is 6.54 Å². The largest absolute Gasteiger partial charge is 0.345 e. The van der Waals surface area contributed by atoms with E-state index in [4.69, 9.17) is 23.2 Å². The van der Waals surface area contributed by atoms with Crippen molar-refractivity contribution >= 4 is 34.9 Å². The van der Waals surface area contributed by atoms with E-state index < -0.39 is 5.41 Å². The van der Waals surface area contributed by atoms with Crippen LogP contribution in [-0.4, -0.2) is 18.2 Å². The van der Waals surface area contributed by atoms with Crippen LogP contribution in [0.2, 0.25) is 10.0 Å². The zero-order chi connectivity index (χ0) is 13.9. The number of carbonyl (C=O) groups is 2. The predicted molar refractivity (Wildman–Crippen MR) is 73.3 cm³/mol. The smallest absolute Gasteiger partial charge is 0.251 e. The Morgan fingerprint density at radius 2 is 1.61 bits per heavy atom. The number of ketones is 1. The second-order valence-electron chi connectivity index (χ2n) is 5.01. The highest BCUT2D eigenvalue weighted by Crippen LogP contribution is 2.19. The van der Waals surface area contributed by atoms with Crippen molar-refractivity contribution in [2.45, 2.75) is 20.8 Å². The van der Waals surface area contributed by atoms with Gasteiger partial charge in [-0.05, 0) is 18.2 Å². The van der Waals surface area contributed by atoms with Gasteiger partial charge in [0.15, 0.2) is 5.78 Å². The van der Waals surface area contributed by atoms with E-state index in [9.17, 15) is 9.59 Å². The minimum atomic E-state index is -0.473. The van der Waals surface area contributed by atoms with Crippen LogP contribution in [0.5, 0.6) is 0 Å². The highest BCUT2D eigenvalue weighted by atomic mass is 35.5. The Morgan fingerprint density at radius 1 is 1.11 bits per heavy atom. The molecule has 1 aromatic carbocycles. The van der Waals surface area contributed by atoms with Crippen LogP contribution in [0.1, 0.15) is 31.1 Å². The average Bonchev–Trinajstić information content (AvgIpc) is 2.22. The molecule has 1 rings (SSSR count). The van der Waals surface area contributed by atoms with Gasteiger partial charge >= 0.3 is 0 Å². The SMILES string of the molecule is CC(C)(C)C(=O)CNC(=O)c1cc(Cl)cc(Cl)c1. The van der Waals surface area contributed by atoms with Crippen LogP contribution >= 0.6 is 23.2 Å². The van der Waals surface area contributed by atoms with E-state index in [0.717, 1.165) is 0 Å². The van der Waals surface area contributed by atoms with Gasteiger partial charge in [0.2, 0.25) is 0 Å². The van der Waals surface area contributed by atoms with Crippen LogP contribution in [0, 0.1) is 5.41 Å². The maximum atomic E-state index is 11.8. The van der Waals surface area contributed by atoms with Crippen molar-refractivity contribution in [1.82, 2.24) is 5.32 Å². The summed E-state index contributed by atoms with van der Waals surface area (Å²) >= 11 is 11.6. The van der Waals surface area contributed by atoms with Crippen LogP contribution in [0.4, 0.5) is 0 Å². The fraction of sp³-hybridized carbons (Fsp3) is 0.385. The highest BCUT2D eigenvalue weighted by molar-refractivity contribution is 6.35. The molecule has 1 aromatic rings. The molecule has 0 radical (unpaired) electrons. The molecule has 0 unspecified atom stereocenters. The minimum absolute atomic E-state index is 0.00747. The first kappa shape index (κ1) is 15.0. The Kier molecular flexibility index (Phi) is 4.77. The molecule has 0 heterocycles. The summed E-state index contributed by atoms with van der Waals surface area (Å²) in [6.45, 7) is 5.40. The summed E-state index contributed by atoms with van der Waals surface area (Å²) in [6, 6.07) is 4.55. The fourth-order valence-corrected chi connectivity index (χ4v) is 1.74. The molecule has 0 fully saturated rings. The molecule has 0 atom stereocenters. The number of benzene rings is 1. The van der Waals surface area contributed by atoms with Crippen molar-refractivity contribution in [2.24, 2.45) is 5.41 Å². The molecule has 0 aliphatic carbocycles. The number of hydrogen-bond donors (Lipinski definition) is 1. The van der Waals surface area contributed by atoms with Gasteiger partial charge in [-0.3, -0.25) is 9.59 Å². The van der Waals surface area contributed by atoms with Crippen molar-refractivity contribution in [3.05, 3.63) is 33.8 Å². The van der Waals surface area contributed by atoms with Gasteiger partial charge in [-0.2, -0.15) is 0 Å². The van der Waals surface area contributed by atoms with Crippen LogP contribution < -0.4 is 5.32 Å². The molecule has 5 heteroatoms. The number of carbonyl (C=O) groups excluding carboxylic acids is 2. The van der Waals surface area contributed by atoms with E-state index in [1.807, 2.05) is 0 Å². The van der Waals surface area contributed by atoms with Gasteiger partial charge in [-0.15, -0.1) is 0 Å². The average molecular weight is 288 g/mol. The van der Waals surface area contributed by atoms with Crippen LogP contribution in [-0.2, 0) is 4.79 Å². The lowest BCUT2D eigenvalue weighted by Crippen LogP contribution is -2.35. The van der Waals surface area contributed by atoms with E-state index in [0.29, 0.717) is 15.6 Å². The van der Waals surface area contributed by atoms with E-state index in [1.54, 1.807) is 26.8 Å². The standard InChI is InChI=1S/C13H15Cl2NO2/c1-13(2,3)11(17)7-16-12(18)8-4-9(14)6-10(15)5-8/h4-6H,7H2,1-3H3,(H,16,18). The molecular formula is C13H15Cl2NO2. The van der Waals surface area contributed by atoms with Gasteiger partial charge in [0, 0.05) is 21.0 Å². The zero-order valence-electron chi connectivity index (χ0n) is 10.5. The molecule has 98 valence electrons. The topological polar surface area (TPSA) is 46.2 Å². The monoisotopic (exact) mass is 287 g/mol. The lowest BCUT2D eigenvalue weighted by atomic mass is 9.91. The zero-order valence-corrected chi connectivity index (χ0v) is 12.0. The van der Waals surface area contributed by atoms with E-state index in [2.05, 4.69) is 5.32 Å². The summed E-state index contributed by atoms with van der Waals surface area (Å²) in [7, 11) is 0. The van der Waals surface area contributed by atoms with Gasteiger partial charge in [0.25, 0.3) is 5.91 Å². The second-order valence-corrected chi connectivity index (χ2v) is 5.89. The summed E-state index contributed by atoms with van der Waals surface area (Å²) in [5.74, 6) is -0.402. The summed E-state index contributed by atoms with van der Waals surface area (Å²) in [5, 5.41) is 3.32. The predicted octanol–water partition coefficient (Wildman–Crippen LogP) is 3.34. The normalized spacial score (nSPS) is 11.2. The van der Waals surface area contributed by atoms with Crippen LogP contribution in [0.15, 0.2) is 18.2 Å². The molecule has 0 spiro atoms. The molecule has 0 bridgehead atoms. The molecule has 18 heavy (non-hydrogen) atoms. The fourth-order valence-electron chi connectivity index (χ4n) is 1.21. The Labute approximate surface area is 116 Å². The van der Waals surface area contributed by atoms with Crippen molar-refractivity contribution in [2.75, 3.05) is 6.54 Å². The van der Waals surface area contributed by atoms with Crippen LogP contribution in [0.3, 0.4) is 0 Å². The molecule has 0 aliphatic rings. The van der Waals surface area contributed by atoms with Gasteiger partial charge in [-0.1, -0.05) is 44.0 Å². The quantitative estimate of drug-likeness (QED) is 0.927. The number of halogens is 2. The number of hydrogen-bond acceptors (Lipinski definition) is 2. The minimum Gasteiger partial charge on any atom is -0.345 e. The number of Topliss-reactive ketones (excluding diaryl/α,β-unsaturated/α-hetero) is 1. The Morgan fingerprint density at radius 3 is 2.06 bits per heavy atom. The third-order valence-electron chi connectivity index (χ3n) is 2.37. The van der Waals surface area contributed by atoms with Crippen molar-refractivity contribution < 1.29 is 9.59 Å². The first-order chi connectivity index (χ1) is 8.20. The summed E-state index contributed by atoms with van der Waals surface area (Å²) in [4.78, 5) is 23.5. The van der Waals surface area contributed by atoms with Gasteiger partial charge < -0.3 is 5.32 Å². The lowest BCUT2D eigenvalue weighted by Gasteiger charge is -2.16. The molecule has 1 amide bonds. The van der Waals surface area contributed by atoms with Crippen LogP contribution in [0.25, 0.3) is 0 Å². The molecule has 0 saturated carbocycles. The maximum Gasteiger partial charge on any atom is 0.251 e. The second kappa shape index (κ2) is 5.72. The molecular weight excluding hydrogens is 273 g/mol. The number of rotatable bonds is 3.